The van der Waals surface area contributed by atoms with Crippen LogP contribution in [-0.2, 0) is 16.0 Å². The van der Waals surface area contributed by atoms with Gasteiger partial charge in [-0.1, -0.05) is 12.1 Å². The van der Waals surface area contributed by atoms with Gasteiger partial charge in [-0.3, -0.25) is 19.4 Å². The van der Waals surface area contributed by atoms with Gasteiger partial charge in [0, 0.05) is 24.2 Å². The molecule has 1 aromatic heterocycles. The molecule has 1 aliphatic heterocycles. The van der Waals surface area contributed by atoms with Crippen LogP contribution in [0.25, 0.3) is 11.1 Å². The number of amides is 3. The summed E-state index contributed by atoms with van der Waals surface area (Å²) in [5.74, 6) is -4.03. The largest absolute Gasteiger partial charge is 0.366 e. The fraction of sp³-hybridized carbons (Fsp3) is 0.200. The van der Waals surface area contributed by atoms with Crippen LogP contribution in [0, 0.1) is 17.5 Å². The van der Waals surface area contributed by atoms with E-state index in [1.165, 1.54) is 18.3 Å². The molecule has 2 aromatic carbocycles. The monoisotopic (exact) mass is 482 g/mol. The molecule has 0 spiro atoms. The lowest BCUT2D eigenvalue weighted by molar-refractivity contribution is -0.126. The fourth-order valence-corrected chi connectivity index (χ4v) is 4.08. The smallest absolute Gasteiger partial charge is 0.251 e. The molecule has 2 heterocycles. The molecule has 4 rings (SSSR count). The summed E-state index contributed by atoms with van der Waals surface area (Å²) in [6.07, 6.45) is 1.95. The van der Waals surface area contributed by atoms with Crippen LogP contribution in [0.2, 0.25) is 0 Å². The Kier molecular flexibility index (Phi) is 6.81. The summed E-state index contributed by atoms with van der Waals surface area (Å²) in [5, 5.41) is 5.40. The normalized spacial score (nSPS) is 16.0. The number of aromatic nitrogens is 1. The zero-order valence-corrected chi connectivity index (χ0v) is 18.4. The summed E-state index contributed by atoms with van der Waals surface area (Å²) >= 11 is 0. The molecule has 1 fully saturated rings. The number of hydrogen-bond donors (Lipinski definition) is 3. The number of carbonyl (C=O) groups excluding carboxylic acids is 3. The SMILES string of the molecule is NC(=O)c1cc(-c2cccnc2[C@H](Cc2cc(F)cc(F)c2)NC(=O)[C@H]2CCC(=O)N2)ccc1F. The molecule has 0 bridgehead atoms. The van der Waals surface area contributed by atoms with Crippen molar-refractivity contribution in [1.82, 2.24) is 15.6 Å². The second kappa shape index (κ2) is 9.96. The maximum atomic E-state index is 14.1. The first-order valence-electron chi connectivity index (χ1n) is 10.8. The standard InChI is InChI=1S/C25H21F3N4O3/c26-15-8-13(9-16(27)12-15)10-21(32-25(35)20-5-6-22(33)31-20)23-17(2-1-7-30-23)14-3-4-19(28)18(11-14)24(29)34/h1-4,7-9,11-12,20-21H,5-6,10H2,(H2,29,34)(H,31,33)(H,32,35)/t20-,21+/m1/s1. The van der Waals surface area contributed by atoms with Crippen LogP contribution >= 0.6 is 0 Å². The van der Waals surface area contributed by atoms with Crippen LogP contribution in [0.3, 0.4) is 0 Å². The maximum Gasteiger partial charge on any atom is 0.251 e. The number of primary amides is 1. The van der Waals surface area contributed by atoms with Crippen molar-refractivity contribution in [3.05, 3.63) is 89.0 Å². The molecule has 7 nitrogen and oxygen atoms in total. The number of halogens is 3. The third-order valence-corrected chi connectivity index (χ3v) is 5.70. The molecule has 3 aromatic rings. The molecule has 4 N–H and O–H groups in total. The quantitative estimate of drug-likeness (QED) is 0.480. The molecule has 0 saturated carbocycles. The van der Waals surface area contributed by atoms with Crippen molar-refractivity contribution < 1.29 is 27.6 Å². The molecule has 1 aliphatic rings. The van der Waals surface area contributed by atoms with Gasteiger partial charge in [0.25, 0.3) is 5.91 Å². The van der Waals surface area contributed by atoms with E-state index < -0.39 is 41.3 Å². The van der Waals surface area contributed by atoms with Crippen molar-refractivity contribution in [1.29, 1.82) is 0 Å². The van der Waals surface area contributed by atoms with Crippen LogP contribution in [-0.4, -0.2) is 28.7 Å². The van der Waals surface area contributed by atoms with Gasteiger partial charge in [-0.15, -0.1) is 0 Å². The van der Waals surface area contributed by atoms with E-state index in [4.69, 9.17) is 5.73 Å². The molecule has 2 atom stereocenters. The highest BCUT2D eigenvalue weighted by molar-refractivity contribution is 5.94. The number of pyridine rings is 1. The Morgan fingerprint density at radius 1 is 1.11 bits per heavy atom. The van der Waals surface area contributed by atoms with E-state index >= 15 is 0 Å². The summed E-state index contributed by atoms with van der Waals surface area (Å²) in [4.78, 5) is 40.5. The van der Waals surface area contributed by atoms with Crippen molar-refractivity contribution in [2.45, 2.75) is 31.3 Å². The minimum Gasteiger partial charge on any atom is -0.366 e. The van der Waals surface area contributed by atoms with Crippen molar-refractivity contribution in [3.63, 3.8) is 0 Å². The number of nitrogens with zero attached hydrogens (tertiary/aromatic N) is 1. The number of nitrogens with two attached hydrogens (primary N) is 1. The van der Waals surface area contributed by atoms with Gasteiger partial charge in [0.15, 0.2) is 0 Å². The summed E-state index contributed by atoms with van der Waals surface area (Å²) in [6, 6.07) is 8.46. The van der Waals surface area contributed by atoms with Crippen LogP contribution < -0.4 is 16.4 Å². The first kappa shape index (κ1) is 23.9. The summed E-state index contributed by atoms with van der Waals surface area (Å²) in [6.45, 7) is 0. The lowest BCUT2D eigenvalue weighted by Gasteiger charge is -2.23. The van der Waals surface area contributed by atoms with Crippen molar-refractivity contribution >= 4 is 17.7 Å². The molecule has 0 unspecified atom stereocenters. The van der Waals surface area contributed by atoms with Gasteiger partial charge < -0.3 is 16.4 Å². The Balaban J connectivity index is 1.76. The number of hydrogen-bond acceptors (Lipinski definition) is 4. The van der Waals surface area contributed by atoms with Gasteiger partial charge in [0.2, 0.25) is 11.8 Å². The predicted octanol–water partition coefficient (Wildman–Crippen LogP) is 2.94. The number of benzene rings is 2. The van der Waals surface area contributed by atoms with E-state index in [-0.39, 0.29) is 29.9 Å². The number of rotatable bonds is 7. The van der Waals surface area contributed by atoms with Gasteiger partial charge in [0.05, 0.1) is 17.3 Å². The van der Waals surface area contributed by atoms with Gasteiger partial charge >= 0.3 is 0 Å². The number of carbonyl (C=O) groups is 3. The van der Waals surface area contributed by atoms with Crippen molar-refractivity contribution in [3.8, 4) is 11.1 Å². The minimum absolute atomic E-state index is 0.0328. The Morgan fingerprint density at radius 3 is 2.51 bits per heavy atom. The lowest BCUT2D eigenvalue weighted by Crippen LogP contribution is -2.43. The van der Waals surface area contributed by atoms with E-state index in [1.807, 2.05) is 0 Å². The third-order valence-electron chi connectivity index (χ3n) is 5.70. The molecule has 180 valence electrons. The van der Waals surface area contributed by atoms with Gasteiger partial charge in [-0.2, -0.15) is 0 Å². The molecule has 0 aliphatic carbocycles. The van der Waals surface area contributed by atoms with E-state index in [2.05, 4.69) is 15.6 Å². The summed E-state index contributed by atoms with van der Waals surface area (Å²) in [5.41, 5.74) is 6.39. The topological polar surface area (TPSA) is 114 Å². The van der Waals surface area contributed by atoms with E-state index in [1.54, 1.807) is 12.1 Å². The molecular formula is C25H21F3N4O3. The first-order valence-corrected chi connectivity index (χ1v) is 10.8. The predicted molar refractivity (Wildman–Crippen MR) is 120 cm³/mol. The molecule has 3 amide bonds. The number of nitrogens with one attached hydrogen (secondary N) is 2. The summed E-state index contributed by atoms with van der Waals surface area (Å²) in [7, 11) is 0. The Morgan fingerprint density at radius 2 is 1.86 bits per heavy atom. The third kappa shape index (κ3) is 5.48. The van der Waals surface area contributed by atoms with Crippen molar-refractivity contribution in [2.75, 3.05) is 0 Å². The second-order valence-corrected chi connectivity index (χ2v) is 8.20. The molecule has 35 heavy (non-hydrogen) atoms. The average molecular weight is 482 g/mol. The second-order valence-electron chi connectivity index (χ2n) is 8.20. The molecular weight excluding hydrogens is 461 g/mol. The lowest BCUT2D eigenvalue weighted by atomic mass is 9.94. The Hall–Kier alpha value is -4.21. The zero-order valence-electron chi connectivity index (χ0n) is 18.4. The van der Waals surface area contributed by atoms with Crippen LogP contribution in [0.5, 0.6) is 0 Å². The fourth-order valence-electron chi connectivity index (χ4n) is 4.08. The average Bonchev–Trinajstić information content (AvgIpc) is 3.24. The maximum absolute atomic E-state index is 14.1. The highest BCUT2D eigenvalue weighted by atomic mass is 19.1. The highest BCUT2D eigenvalue weighted by Gasteiger charge is 2.30. The van der Waals surface area contributed by atoms with Crippen LogP contribution in [0.1, 0.15) is 40.5 Å². The first-order chi connectivity index (χ1) is 16.7. The Bertz CT molecular complexity index is 1290. The minimum atomic E-state index is -0.952. The van der Waals surface area contributed by atoms with Gasteiger partial charge in [-0.25, -0.2) is 13.2 Å². The molecule has 0 radical (unpaired) electrons. The molecule has 1 saturated heterocycles. The highest BCUT2D eigenvalue weighted by Crippen LogP contribution is 2.30. The van der Waals surface area contributed by atoms with E-state index in [9.17, 15) is 27.6 Å². The van der Waals surface area contributed by atoms with E-state index in [0.29, 0.717) is 23.2 Å². The molecule has 10 heteroatoms. The summed E-state index contributed by atoms with van der Waals surface area (Å²) < 4.78 is 41.8. The van der Waals surface area contributed by atoms with E-state index in [0.717, 1.165) is 24.3 Å². The Labute approximate surface area is 198 Å². The van der Waals surface area contributed by atoms with Crippen LogP contribution in [0.4, 0.5) is 13.2 Å². The van der Waals surface area contributed by atoms with Gasteiger partial charge in [0.1, 0.15) is 23.5 Å². The van der Waals surface area contributed by atoms with Gasteiger partial charge in [-0.05, 0) is 54.3 Å². The van der Waals surface area contributed by atoms with Crippen molar-refractivity contribution in [2.24, 2.45) is 5.73 Å². The van der Waals surface area contributed by atoms with Crippen LogP contribution in [0.15, 0.2) is 54.7 Å². The zero-order chi connectivity index (χ0) is 25.1.